The molecule has 4 heterocycles. The first-order valence-electron chi connectivity index (χ1n) is 17.1. The van der Waals surface area contributed by atoms with Gasteiger partial charge in [0.25, 0.3) is 5.91 Å². The molecule has 2 N–H and O–H groups in total. The zero-order valence-corrected chi connectivity index (χ0v) is 28.7. The van der Waals surface area contributed by atoms with Gasteiger partial charge in [-0.1, -0.05) is 6.07 Å². The Morgan fingerprint density at radius 1 is 0.820 bits per heavy atom. The lowest BCUT2D eigenvalue weighted by molar-refractivity contribution is 0.0663. The van der Waals surface area contributed by atoms with E-state index in [1.165, 1.54) is 0 Å². The molecule has 5 aromatic rings. The lowest BCUT2D eigenvalue weighted by Crippen LogP contribution is -2.44. The molecule has 3 aromatic carbocycles. The molecular formula is C39H42N8O3. The van der Waals surface area contributed by atoms with Gasteiger partial charge in [-0.05, 0) is 112 Å². The van der Waals surface area contributed by atoms with Gasteiger partial charge >= 0.3 is 6.03 Å². The summed E-state index contributed by atoms with van der Waals surface area (Å²) in [5.74, 6) is 1.51. The second kappa shape index (κ2) is 14.6. The van der Waals surface area contributed by atoms with Crippen LogP contribution in [0.3, 0.4) is 0 Å². The number of morpholine rings is 1. The van der Waals surface area contributed by atoms with Crippen LogP contribution in [0.5, 0.6) is 0 Å². The minimum Gasteiger partial charge on any atom is -0.378 e. The van der Waals surface area contributed by atoms with Crippen LogP contribution in [0.15, 0.2) is 85.2 Å². The van der Waals surface area contributed by atoms with E-state index in [0.717, 1.165) is 78.0 Å². The molecule has 0 bridgehead atoms. The van der Waals surface area contributed by atoms with E-state index in [1.54, 1.807) is 30.5 Å². The average molecular weight is 671 g/mol. The van der Waals surface area contributed by atoms with Gasteiger partial charge in [-0.3, -0.25) is 9.78 Å². The fraction of sp³-hybridized carbons (Fsp3) is 0.308. The summed E-state index contributed by atoms with van der Waals surface area (Å²) in [6.07, 6.45) is 5.63. The molecule has 11 nitrogen and oxygen atoms in total. The molecule has 50 heavy (non-hydrogen) atoms. The Morgan fingerprint density at radius 3 is 2.14 bits per heavy atom. The van der Waals surface area contributed by atoms with Crippen molar-refractivity contribution < 1.29 is 14.3 Å². The Morgan fingerprint density at radius 2 is 1.48 bits per heavy atom. The fourth-order valence-corrected chi connectivity index (χ4v) is 6.65. The van der Waals surface area contributed by atoms with E-state index >= 15 is 0 Å². The number of benzene rings is 3. The van der Waals surface area contributed by atoms with Gasteiger partial charge in [0.1, 0.15) is 5.82 Å². The van der Waals surface area contributed by atoms with E-state index in [9.17, 15) is 9.59 Å². The zero-order valence-electron chi connectivity index (χ0n) is 28.7. The maximum absolute atomic E-state index is 13.0. The maximum Gasteiger partial charge on any atom is 0.323 e. The minimum absolute atomic E-state index is 0.0230. The van der Waals surface area contributed by atoms with Crippen LogP contribution in [0, 0.1) is 6.92 Å². The highest BCUT2D eigenvalue weighted by molar-refractivity contribution is 6.01. The van der Waals surface area contributed by atoms with Crippen LogP contribution in [-0.4, -0.2) is 96.2 Å². The van der Waals surface area contributed by atoms with Crippen LogP contribution in [0.2, 0.25) is 0 Å². The van der Waals surface area contributed by atoms with Gasteiger partial charge in [0, 0.05) is 78.1 Å². The smallest absolute Gasteiger partial charge is 0.323 e. The molecule has 7 rings (SSSR count). The van der Waals surface area contributed by atoms with Gasteiger partial charge in [-0.15, -0.1) is 0 Å². The quantitative estimate of drug-likeness (QED) is 0.207. The number of pyridine rings is 1. The highest BCUT2D eigenvalue weighted by Crippen LogP contribution is 2.32. The number of rotatable bonds is 7. The maximum atomic E-state index is 13.0. The first kappa shape index (κ1) is 33.1. The first-order chi connectivity index (χ1) is 24.3. The molecule has 0 spiro atoms. The van der Waals surface area contributed by atoms with Gasteiger partial charge in [0.2, 0.25) is 0 Å². The molecule has 0 saturated carbocycles. The summed E-state index contributed by atoms with van der Waals surface area (Å²) < 4.78 is 5.62. The Kier molecular flexibility index (Phi) is 9.68. The van der Waals surface area contributed by atoms with Crippen molar-refractivity contribution in [2.75, 3.05) is 69.0 Å². The summed E-state index contributed by atoms with van der Waals surface area (Å²) in [5.41, 5.74) is 6.79. The molecule has 256 valence electrons. The van der Waals surface area contributed by atoms with Crippen LogP contribution >= 0.6 is 0 Å². The number of urea groups is 1. The van der Waals surface area contributed by atoms with Crippen molar-refractivity contribution in [2.45, 2.75) is 25.8 Å². The van der Waals surface area contributed by atoms with Gasteiger partial charge in [-0.2, -0.15) is 0 Å². The lowest BCUT2D eigenvalue weighted by Gasteiger charge is -2.35. The van der Waals surface area contributed by atoms with Gasteiger partial charge in [-0.25, -0.2) is 14.8 Å². The number of aromatic nitrogens is 3. The number of piperidine rings is 1. The standard InChI is InChI=1S/C39H42N8O3/c1-26-14-17-40-25-34(26)29-8-13-33-35(24-29)43-36(44-37(33)46-20-22-50-23-21-46)27-4-9-30(10-5-27)41-39(49)42-31-11-6-28(7-12-31)38(48)47-18-15-32(16-19-47)45(2)3/h4-14,17,24-25,32H,15-16,18-23H2,1-3H3,(H2,41,42,49). The minimum atomic E-state index is -0.377. The number of amides is 3. The van der Waals surface area contributed by atoms with Gasteiger partial charge < -0.3 is 30.1 Å². The molecule has 0 aliphatic carbocycles. The SMILES string of the molecule is Cc1ccncc1-c1ccc2c(N3CCOCC3)nc(-c3ccc(NC(=O)Nc4ccc(C(=O)N5CCC(N(C)C)CC5)cc4)cc3)nc2c1. The van der Waals surface area contributed by atoms with Gasteiger partial charge in [0.05, 0.1) is 18.7 Å². The average Bonchev–Trinajstić information content (AvgIpc) is 3.15. The molecular weight excluding hydrogens is 628 g/mol. The second-order valence-corrected chi connectivity index (χ2v) is 13.1. The van der Waals surface area contributed by atoms with E-state index in [1.807, 2.05) is 41.4 Å². The van der Waals surface area contributed by atoms with Crippen molar-refractivity contribution in [2.24, 2.45) is 0 Å². The zero-order chi connectivity index (χ0) is 34.6. The summed E-state index contributed by atoms with van der Waals surface area (Å²) >= 11 is 0. The summed E-state index contributed by atoms with van der Waals surface area (Å²) in [5, 5.41) is 6.74. The number of hydrogen-bond donors (Lipinski definition) is 2. The molecule has 2 aliphatic rings. The van der Waals surface area contributed by atoms with Crippen LogP contribution in [-0.2, 0) is 4.74 Å². The number of fused-ring (bicyclic) bond motifs is 1. The van der Waals surface area contributed by atoms with Crippen molar-refractivity contribution in [3.63, 3.8) is 0 Å². The number of carbonyl (C=O) groups is 2. The second-order valence-electron chi connectivity index (χ2n) is 13.1. The summed E-state index contributed by atoms with van der Waals surface area (Å²) in [7, 11) is 4.17. The van der Waals surface area contributed by atoms with E-state index in [4.69, 9.17) is 14.7 Å². The lowest BCUT2D eigenvalue weighted by atomic mass is 10.0. The Bertz CT molecular complexity index is 1980. The molecule has 2 saturated heterocycles. The highest BCUT2D eigenvalue weighted by atomic mass is 16.5. The van der Waals surface area contributed by atoms with Crippen LogP contribution in [0.4, 0.5) is 22.0 Å². The number of likely N-dealkylation sites (tertiary alicyclic amines) is 1. The van der Waals surface area contributed by atoms with Crippen molar-refractivity contribution in [3.05, 3.63) is 96.3 Å². The molecule has 2 aromatic heterocycles. The summed E-state index contributed by atoms with van der Waals surface area (Å²) in [4.78, 5) is 46.7. The number of carbonyl (C=O) groups excluding carboxylic acids is 2. The molecule has 0 unspecified atom stereocenters. The van der Waals surface area contributed by atoms with Crippen molar-refractivity contribution in [1.82, 2.24) is 24.8 Å². The number of anilines is 3. The van der Waals surface area contributed by atoms with Crippen LogP contribution < -0.4 is 15.5 Å². The monoisotopic (exact) mass is 670 g/mol. The Hall–Kier alpha value is -5.39. The van der Waals surface area contributed by atoms with Crippen LogP contribution in [0.25, 0.3) is 33.4 Å². The number of aryl methyl sites for hydroxylation is 1. The Balaban J connectivity index is 1.04. The topological polar surface area (TPSA) is 116 Å². The van der Waals surface area contributed by atoms with Crippen molar-refractivity contribution >= 4 is 40.0 Å². The highest BCUT2D eigenvalue weighted by Gasteiger charge is 2.25. The molecule has 3 amide bonds. The fourth-order valence-electron chi connectivity index (χ4n) is 6.65. The number of nitrogens with one attached hydrogen (secondary N) is 2. The number of nitrogens with zero attached hydrogens (tertiary/aromatic N) is 6. The van der Waals surface area contributed by atoms with E-state index in [0.29, 0.717) is 42.0 Å². The summed E-state index contributed by atoms with van der Waals surface area (Å²) in [6, 6.07) is 23.0. The van der Waals surface area contributed by atoms with Gasteiger partial charge in [0.15, 0.2) is 5.82 Å². The third kappa shape index (κ3) is 7.29. The predicted molar refractivity (Wildman–Crippen MR) is 198 cm³/mol. The number of hydrogen-bond acceptors (Lipinski definition) is 8. The molecule has 11 heteroatoms. The molecule has 0 radical (unpaired) electrons. The predicted octanol–water partition coefficient (Wildman–Crippen LogP) is 6.31. The normalized spacial score (nSPS) is 15.4. The third-order valence-electron chi connectivity index (χ3n) is 9.61. The van der Waals surface area contributed by atoms with E-state index in [2.05, 4.69) is 64.6 Å². The first-order valence-corrected chi connectivity index (χ1v) is 17.1. The molecule has 2 aliphatic heterocycles. The third-order valence-corrected chi connectivity index (χ3v) is 9.61. The number of ether oxygens (including phenoxy) is 1. The summed E-state index contributed by atoms with van der Waals surface area (Å²) in [6.45, 7) is 6.37. The van der Waals surface area contributed by atoms with Crippen molar-refractivity contribution in [3.8, 4) is 22.5 Å². The van der Waals surface area contributed by atoms with E-state index in [-0.39, 0.29) is 11.9 Å². The van der Waals surface area contributed by atoms with E-state index < -0.39 is 0 Å². The molecule has 2 fully saturated rings. The Labute approximate surface area is 292 Å². The van der Waals surface area contributed by atoms with Crippen LogP contribution in [0.1, 0.15) is 28.8 Å². The molecule has 0 atom stereocenters. The largest absolute Gasteiger partial charge is 0.378 e. The van der Waals surface area contributed by atoms with Crippen molar-refractivity contribution in [1.29, 1.82) is 0 Å².